The van der Waals surface area contributed by atoms with Crippen molar-refractivity contribution in [2.24, 2.45) is 10.9 Å². The first kappa shape index (κ1) is 12.3. The van der Waals surface area contributed by atoms with Gasteiger partial charge in [0, 0.05) is 16.1 Å². The average Bonchev–Trinajstić information content (AvgIpc) is 2.41. The Labute approximate surface area is 110 Å². The number of benzene rings is 2. The van der Waals surface area contributed by atoms with E-state index in [0.29, 0.717) is 16.1 Å². The second-order valence-electron chi connectivity index (χ2n) is 3.68. The van der Waals surface area contributed by atoms with Gasteiger partial charge in [-0.15, -0.1) is 0 Å². The van der Waals surface area contributed by atoms with Crippen LogP contribution in [-0.4, -0.2) is 11.5 Å². The van der Waals surface area contributed by atoms with E-state index < -0.39 is 0 Å². The lowest BCUT2D eigenvalue weighted by molar-refractivity contribution is 0.106. The van der Waals surface area contributed by atoms with Crippen LogP contribution in [0.25, 0.3) is 0 Å². The number of hydrazone groups is 1. The summed E-state index contributed by atoms with van der Waals surface area (Å²) in [7, 11) is 0. The van der Waals surface area contributed by atoms with Crippen molar-refractivity contribution < 1.29 is 4.79 Å². The molecule has 0 spiro atoms. The monoisotopic (exact) mass is 258 g/mol. The SMILES string of the molecule is NN=C(C(=O)c1ccc(Cl)cc1)c1ccccc1. The van der Waals surface area contributed by atoms with Crippen molar-refractivity contribution >= 4 is 23.1 Å². The summed E-state index contributed by atoms with van der Waals surface area (Å²) >= 11 is 5.78. The lowest BCUT2D eigenvalue weighted by atomic mass is 10.0. The summed E-state index contributed by atoms with van der Waals surface area (Å²) in [5, 5.41) is 4.17. The standard InChI is InChI=1S/C14H11ClN2O/c15-12-8-6-11(7-9-12)14(18)13(17-16)10-4-2-1-3-5-10/h1-9H,16H2. The molecule has 2 aromatic carbocycles. The van der Waals surface area contributed by atoms with Gasteiger partial charge in [0.1, 0.15) is 5.71 Å². The average molecular weight is 259 g/mol. The second-order valence-corrected chi connectivity index (χ2v) is 4.12. The second kappa shape index (κ2) is 5.47. The fourth-order valence-corrected chi connectivity index (χ4v) is 1.72. The molecule has 2 aromatic rings. The predicted octanol–water partition coefficient (Wildman–Crippen LogP) is 2.89. The van der Waals surface area contributed by atoms with Crippen molar-refractivity contribution in [1.82, 2.24) is 0 Å². The zero-order valence-corrected chi connectivity index (χ0v) is 10.3. The molecule has 0 aliphatic rings. The minimum Gasteiger partial charge on any atom is -0.323 e. The van der Waals surface area contributed by atoms with Gasteiger partial charge >= 0.3 is 0 Å². The van der Waals surface area contributed by atoms with Gasteiger partial charge in [0.15, 0.2) is 0 Å². The van der Waals surface area contributed by atoms with E-state index in [9.17, 15) is 4.79 Å². The number of Topliss-reactive ketones (excluding diaryl/α,β-unsaturated/α-hetero) is 1. The van der Waals surface area contributed by atoms with E-state index in [2.05, 4.69) is 5.10 Å². The Bertz CT molecular complexity index is 577. The number of ketones is 1. The highest BCUT2D eigenvalue weighted by Crippen LogP contribution is 2.12. The van der Waals surface area contributed by atoms with Gasteiger partial charge in [-0.05, 0) is 24.3 Å². The third kappa shape index (κ3) is 2.57. The van der Waals surface area contributed by atoms with Crippen molar-refractivity contribution in [3.8, 4) is 0 Å². The molecule has 18 heavy (non-hydrogen) atoms. The molecule has 0 aromatic heterocycles. The van der Waals surface area contributed by atoms with Gasteiger partial charge in [-0.2, -0.15) is 5.10 Å². The molecule has 0 aliphatic carbocycles. The highest BCUT2D eigenvalue weighted by molar-refractivity contribution is 6.51. The van der Waals surface area contributed by atoms with Crippen molar-refractivity contribution in [2.75, 3.05) is 0 Å². The fraction of sp³-hybridized carbons (Fsp3) is 0. The molecule has 0 amide bonds. The summed E-state index contributed by atoms with van der Waals surface area (Å²) in [5.41, 5.74) is 1.44. The molecule has 3 nitrogen and oxygen atoms in total. The molecule has 0 fully saturated rings. The molecule has 4 heteroatoms. The maximum Gasteiger partial charge on any atom is 0.213 e. The van der Waals surface area contributed by atoms with E-state index in [1.165, 1.54) is 0 Å². The first-order valence-corrected chi connectivity index (χ1v) is 5.73. The summed E-state index contributed by atoms with van der Waals surface area (Å²) < 4.78 is 0. The fourth-order valence-electron chi connectivity index (χ4n) is 1.60. The summed E-state index contributed by atoms with van der Waals surface area (Å²) in [6, 6.07) is 15.7. The zero-order chi connectivity index (χ0) is 13.0. The van der Waals surface area contributed by atoms with Gasteiger partial charge in [0.25, 0.3) is 0 Å². The predicted molar refractivity (Wildman–Crippen MR) is 72.9 cm³/mol. The van der Waals surface area contributed by atoms with Crippen LogP contribution in [0.5, 0.6) is 0 Å². The molecule has 90 valence electrons. The number of hydrogen-bond acceptors (Lipinski definition) is 3. The Kier molecular flexibility index (Phi) is 3.75. The summed E-state index contributed by atoms with van der Waals surface area (Å²) in [4.78, 5) is 12.2. The van der Waals surface area contributed by atoms with Gasteiger partial charge in [-0.3, -0.25) is 4.79 Å². The van der Waals surface area contributed by atoms with E-state index >= 15 is 0 Å². The van der Waals surface area contributed by atoms with Crippen molar-refractivity contribution in [3.63, 3.8) is 0 Å². The lowest BCUT2D eigenvalue weighted by Gasteiger charge is -2.04. The number of rotatable bonds is 3. The molecule has 0 unspecified atom stereocenters. The highest BCUT2D eigenvalue weighted by Gasteiger charge is 2.15. The van der Waals surface area contributed by atoms with Crippen LogP contribution in [0.1, 0.15) is 15.9 Å². The molecule has 0 saturated heterocycles. The van der Waals surface area contributed by atoms with Crippen LogP contribution < -0.4 is 5.84 Å². The van der Waals surface area contributed by atoms with Crippen molar-refractivity contribution in [1.29, 1.82) is 0 Å². The Morgan fingerprint density at radius 3 is 2.11 bits per heavy atom. The lowest BCUT2D eigenvalue weighted by Crippen LogP contribution is -2.17. The topological polar surface area (TPSA) is 55.4 Å². The summed E-state index contributed by atoms with van der Waals surface area (Å²) in [5.74, 6) is 5.09. The van der Waals surface area contributed by atoms with E-state index in [0.717, 1.165) is 0 Å². The molecular weight excluding hydrogens is 248 g/mol. The van der Waals surface area contributed by atoms with E-state index in [1.807, 2.05) is 18.2 Å². The maximum absolute atomic E-state index is 12.2. The van der Waals surface area contributed by atoms with Crippen LogP contribution >= 0.6 is 11.6 Å². The van der Waals surface area contributed by atoms with Gasteiger partial charge in [-0.25, -0.2) is 0 Å². The van der Waals surface area contributed by atoms with E-state index in [-0.39, 0.29) is 11.5 Å². The third-order valence-corrected chi connectivity index (χ3v) is 2.75. The van der Waals surface area contributed by atoms with E-state index in [4.69, 9.17) is 17.4 Å². The molecule has 0 aliphatic heterocycles. The van der Waals surface area contributed by atoms with Crippen molar-refractivity contribution in [3.05, 3.63) is 70.7 Å². The van der Waals surface area contributed by atoms with Crippen LogP contribution in [0.4, 0.5) is 0 Å². The first-order valence-electron chi connectivity index (χ1n) is 5.36. The highest BCUT2D eigenvalue weighted by atomic mass is 35.5. The number of nitrogens with two attached hydrogens (primary N) is 1. The first-order chi connectivity index (χ1) is 8.72. The molecule has 2 rings (SSSR count). The number of nitrogens with zero attached hydrogens (tertiary/aromatic N) is 1. The quantitative estimate of drug-likeness (QED) is 0.398. The van der Waals surface area contributed by atoms with Gasteiger partial charge in [-0.1, -0.05) is 41.9 Å². The summed E-state index contributed by atoms with van der Waals surface area (Å²) in [6.45, 7) is 0. The minimum absolute atomic E-state index is 0.222. The molecule has 2 N–H and O–H groups in total. The molecule has 0 saturated carbocycles. The third-order valence-electron chi connectivity index (χ3n) is 2.50. The van der Waals surface area contributed by atoms with Crippen LogP contribution in [0.2, 0.25) is 5.02 Å². The van der Waals surface area contributed by atoms with Gasteiger partial charge < -0.3 is 5.84 Å². The molecular formula is C14H11ClN2O. The summed E-state index contributed by atoms with van der Waals surface area (Å²) in [6.07, 6.45) is 0. The van der Waals surface area contributed by atoms with Gasteiger partial charge in [0.05, 0.1) is 0 Å². The number of hydrogen-bond donors (Lipinski definition) is 1. The van der Waals surface area contributed by atoms with Crippen LogP contribution in [0.3, 0.4) is 0 Å². The molecule has 0 radical (unpaired) electrons. The molecule has 0 heterocycles. The largest absolute Gasteiger partial charge is 0.323 e. The number of carbonyl (C=O) groups excluding carboxylic acids is 1. The Hall–Kier alpha value is -2.13. The van der Waals surface area contributed by atoms with Crippen LogP contribution in [-0.2, 0) is 0 Å². The minimum atomic E-state index is -0.222. The number of halogens is 1. The van der Waals surface area contributed by atoms with Crippen LogP contribution in [0.15, 0.2) is 59.7 Å². The van der Waals surface area contributed by atoms with Crippen molar-refractivity contribution in [2.45, 2.75) is 0 Å². The Balaban J connectivity index is 2.35. The Morgan fingerprint density at radius 1 is 0.944 bits per heavy atom. The molecule has 0 atom stereocenters. The Morgan fingerprint density at radius 2 is 1.56 bits per heavy atom. The smallest absolute Gasteiger partial charge is 0.213 e. The zero-order valence-electron chi connectivity index (χ0n) is 9.51. The van der Waals surface area contributed by atoms with Crippen LogP contribution in [0, 0.1) is 0 Å². The van der Waals surface area contributed by atoms with Gasteiger partial charge in [0.2, 0.25) is 5.78 Å². The molecule has 0 bridgehead atoms. The maximum atomic E-state index is 12.2. The normalized spacial score (nSPS) is 11.3. The van der Waals surface area contributed by atoms with E-state index in [1.54, 1.807) is 36.4 Å². The number of carbonyl (C=O) groups is 1.